The molecule has 0 spiro atoms. The Morgan fingerprint density at radius 1 is 1.08 bits per heavy atom. The molecule has 0 radical (unpaired) electrons. The second-order valence-electron chi connectivity index (χ2n) is 6.12. The first-order valence-corrected chi connectivity index (χ1v) is 9.09. The van der Waals surface area contributed by atoms with Gasteiger partial charge in [-0.3, -0.25) is 4.79 Å². The number of fused-ring (bicyclic) bond motifs is 1. The van der Waals surface area contributed by atoms with Crippen LogP contribution in [0.5, 0.6) is 17.2 Å². The number of Topliss-reactive ketones (excluding diaryl/α,β-unsaturated/α-hetero) is 1. The lowest BCUT2D eigenvalue weighted by molar-refractivity contribution is 0.100. The molecule has 3 rings (SSSR count). The Morgan fingerprint density at radius 3 is 2.73 bits per heavy atom. The topological polar surface area (TPSA) is 44.8 Å². The van der Waals surface area contributed by atoms with Crippen molar-refractivity contribution in [2.45, 2.75) is 26.7 Å². The van der Waals surface area contributed by atoms with E-state index in [1.807, 2.05) is 49.4 Å². The van der Waals surface area contributed by atoms with Gasteiger partial charge >= 0.3 is 0 Å². The van der Waals surface area contributed by atoms with Crippen LogP contribution in [0.4, 0.5) is 0 Å². The van der Waals surface area contributed by atoms with E-state index in [-0.39, 0.29) is 12.4 Å². The van der Waals surface area contributed by atoms with Crippen molar-refractivity contribution in [2.75, 3.05) is 19.8 Å². The lowest BCUT2D eigenvalue weighted by Gasteiger charge is -2.18. The van der Waals surface area contributed by atoms with Gasteiger partial charge in [-0.15, -0.1) is 0 Å². The van der Waals surface area contributed by atoms with Gasteiger partial charge in [-0.2, -0.15) is 0 Å². The molecule has 4 heteroatoms. The monoisotopic (exact) mass is 352 g/mol. The van der Waals surface area contributed by atoms with Crippen LogP contribution in [0.25, 0.3) is 6.08 Å². The van der Waals surface area contributed by atoms with Gasteiger partial charge in [0.15, 0.2) is 17.3 Å². The van der Waals surface area contributed by atoms with Crippen molar-refractivity contribution in [3.05, 3.63) is 59.2 Å². The van der Waals surface area contributed by atoms with Gasteiger partial charge in [0, 0.05) is 5.57 Å². The van der Waals surface area contributed by atoms with Crippen molar-refractivity contribution in [1.82, 2.24) is 0 Å². The quantitative estimate of drug-likeness (QED) is 0.524. The highest BCUT2D eigenvalue weighted by atomic mass is 16.5. The van der Waals surface area contributed by atoms with Gasteiger partial charge in [0.25, 0.3) is 0 Å². The number of rotatable bonds is 7. The Kier molecular flexibility index (Phi) is 5.95. The lowest BCUT2D eigenvalue weighted by Crippen LogP contribution is -2.18. The summed E-state index contributed by atoms with van der Waals surface area (Å²) >= 11 is 0. The number of hydrogen-bond acceptors (Lipinski definition) is 4. The highest BCUT2D eigenvalue weighted by Gasteiger charge is 2.22. The van der Waals surface area contributed by atoms with E-state index in [2.05, 4.69) is 6.92 Å². The third-order valence-corrected chi connectivity index (χ3v) is 4.17. The molecular weight excluding hydrogens is 328 g/mol. The van der Waals surface area contributed by atoms with Crippen molar-refractivity contribution >= 4 is 11.9 Å². The lowest BCUT2D eigenvalue weighted by atomic mass is 9.98. The second kappa shape index (κ2) is 8.56. The number of unbranched alkanes of at least 4 members (excludes halogenated alkanes) is 1. The van der Waals surface area contributed by atoms with Crippen LogP contribution in [-0.4, -0.2) is 25.6 Å². The SMILES string of the molecule is CCCCOc1ccc(/C=C2\COc3ccccc3C2=O)cc1OCC. The van der Waals surface area contributed by atoms with Crippen molar-refractivity contribution < 1.29 is 19.0 Å². The molecule has 0 unspecified atom stereocenters. The Hall–Kier alpha value is -2.75. The van der Waals surface area contributed by atoms with Gasteiger partial charge in [0.1, 0.15) is 12.4 Å². The van der Waals surface area contributed by atoms with E-state index in [0.29, 0.717) is 35.8 Å². The summed E-state index contributed by atoms with van der Waals surface area (Å²) in [6.45, 7) is 5.56. The van der Waals surface area contributed by atoms with Crippen LogP contribution in [0.3, 0.4) is 0 Å². The molecule has 136 valence electrons. The van der Waals surface area contributed by atoms with Crippen molar-refractivity contribution in [3.63, 3.8) is 0 Å². The Bertz CT molecular complexity index is 808. The molecule has 26 heavy (non-hydrogen) atoms. The first kappa shape index (κ1) is 18.1. The molecule has 0 amide bonds. The third kappa shape index (κ3) is 4.07. The molecule has 0 saturated heterocycles. The average Bonchev–Trinajstić information content (AvgIpc) is 2.66. The van der Waals surface area contributed by atoms with Gasteiger partial charge in [-0.25, -0.2) is 0 Å². The zero-order valence-electron chi connectivity index (χ0n) is 15.3. The molecule has 1 aliphatic rings. The smallest absolute Gasteiger partial charge is 0.196 e. The van der Waals surface area contributed by atoms with E-state index in [1.54, 1.807) is 6.07 Å². The van der Waals surface area contributed by atoms with Crippen LogP contribution < -0.4 is 14.2 Å². The normalized spacial score (nSPS) is 14.7. The number of ketones is 1. The molecule has 0 atom stereocenters. The van der Waals surface area contributed by atoms with E-state index >= 15 is 0 Å². The molecule has 0 aromatic heterocycles. The fourth-order valence-corrected chi connectivity index (χ4v) is 2.81. The molecule has 4 nitrogen and oxygen atoms in total. The van der Waals surface area contributed by atoms with Crippen LogP contribution in [0.2, 0.25) is 0 Å². The average molecular weight is 352 g/mol. The molecular formula is C22H24O4. The van der Waals surface area contributed by atoms with E-state index in [1.165, 1.54) is 0 Å². The molecule has 0 fully saturated rings. The minimum absolute atomic E-state index is 0.00748. The summed E-state index contributed by atoms with van der Waals surface area (Å²) in [5, 5.41) is 0. The summed E-state index contributed by atoms with van der Waals surface area (Å²) in [6.07, 6.45) is 3.94. The van der Waals surface area contributed by atoms with Crippen molar-refractivity contribution in [2.24, 2.45) is 0 Å². The van der Waals surface area contributed by atoms with Crippen LogP contribution >= 0.6 is 0 Å². The van der Waals surface area contributed by atoms with Gasteiger partial charge in [-0.05, 0) is 49.2 Å². The summed E-state index contributed by atoms with van der Waals surface area (Å²) in [4.78, 5) is 12.7. The van der Waals surface area contributed by atoms with Gasteiger partial charge in [-0.1, -0.05) is 31.5 Å². The minimum Gasteiger partial charge on any atom is -0.490 e. The van der Waals surface area contributed by atoms with Crippen LogP contribution in [0.15, 0.2) is 48.0 Å². The summed E-state index contributed by atoms with van der Waals surface area (Å²) < 4.78 is 17.2. The Labute approximate surface area is 154 Å². The zero-order valence-corrected chi connectivity index (χ0v) is 15.3. The van der Waals surface area contributed by atoms with E-state index in [0.717, 1.165) is 24.2 Å². The standard InChI is InChI=1S/C22H24O4/c1-3-5-12-25-20-11-10-16(14-21(20)24-4-2)13-17-15-26-19-9-7-6-8-18(19)22(17)23/h6-11,13-14H,3-5,12,15H2,1-2H3/b17-13+. The molecule has 0 saturated carbocycles. The number of carbonyl (C=O) groups excluding carboxylic acids is 1. The highest BCUT2D eigenvalue weighted by molar-refractivity contribution is 6.14. The van der Waals surface area contributed by atoms with E-state index in [4.69, 9.17) is 14.2 Å². The maximum atomic E-state index is 12.7. The van der Waals surface area contributed by atoms with Crippen LogP contribution in [0, 0.1) is 0 Å². The number of para-hydroxylation sites is 1. The number of hydrogen-bond donors (Lipinski definition) is 0. The van der Waals surface area contributed by atoms with Crippen LogP contribution in [-0.2, 0) is 0 Å². The summed E-state index contributed by atoms with van der Waals surface area (Å²) in [5.74, 6) is 2.08. The van der Waals surface area contributed by atoms with Crippen LogP contribution in [0.1, 0.15) is 42.6 Å². The third-order valence-electron chi connectivity index (χ3n) is 4.17. The molecule has 2 aromatic rings. The van der Waals surface area contributed by atoms with Gasteiger partial charge in [0.05, 0.1) is 18.8 Å². The molecule has 2 aromatic carbocycles. The van der Waals surface area contributed by atoms with Crippen molar-refractivity contribution in [3.8, 4) is 17.2 Å². The summed E-state index contributed by atoms with van der Waals surface area (Å²) in [5.41, 5.74) is 2.13. The van der Waals surface area contributed by atoms with E-state index < -0.39 is 0 Å². The van der Waals surface area contributed by atoms with Crippen molar-refractivity contribution in [1.29, 1.82) is 0 Å². The van der Waals surface area contributed by atoms with E-state index in [9.17, 15) is 4.79 Å². The van der Waals surface area contributed by atoms with Gasteiger partial charge < -0.3 is 14.2 Å². The Balaban J connectivity index is 1.84. The second-order valence-corrected chi connectivity index (χ2v) is 6.12. The molecule has 1 heterocycles. The minimum atomic E-state index is 0.00748. The Morgan fingerprint density at radius 2 is 1.92 bits per heavy atom. The number of carbonyl (C=O) groups is 1. The summed E-state index contributed by atoms with van der Waals surface area (Å²) in [6, 6.07) is 13.1. The predicted molar refractivity (Wildman–Crippen MR) is 102 cm³/mol. The molecule has 1 aliphatic heterocycles. The largest absolute Gasteiger partial charge is 0.490 e. The fourth-order valence-electron chi connectivity index (χ4n) is 2.81. The highest BCUT2D eigenvalue weighted by Crippen LogP contribution is 2.31. The summed E-state index contributed by atoms with van der Waals surface area (Å²) in [7, 11) is 0. The fraction of sp³-hybridized carbons (Fsp3) is 0.318. The maximum Gasteiger partial charge on any atom is 0.196 e. The zero-order chi connectivity index (χ0) is 18.4. The van der Waals surface area contributed by atoms with Gasteiger partial charge in [0.2, 0.25) is 0 Å². The number of ether oxygens (including phenoxy) is 3. The molecule has 0 bridgehead atoms. The molecule has 0 N–H and O–H groups in total. The maximum absolute atomic E-state index is 12.7. The predicted octanol–water partition coefficient (Wildman–Crippen LogP) is 4.92. The number of benzene rings is 2. The molecule has 0 aliphatic carbocycles. The first-order chi connectivity index (χ1) is 12.7. The first-order valence-electron chi connectivity index (χ1n) is 9.09.